The first-order valence-electron chi connectivity index (χ1n) is 8.35. The first kappa shape index (κ1) is 16.4. The topological polar surface area (TPSA) is 95.4 Å². The van der Waals surface area contributed by atoms with E-state index in [1.807, 2.05) is 12.2 Å². The molecule has 2 N–H and O–H groups in total. The Morgan fingerprint density at radius 1 is 1.17 bits per heavy atom. The summed E-state index contributed by atoms with van der Waals surface area (Å²) in [5.74, 6) is -0.518. The predicted molar refractivity (Wildman–Crippen MR) is 88.4 cm³/mol. The normalized spacial score (nSPS) is 24.6. The third-order valence-electron chi connectivity index (χ3n) is 4.71. The lowest BCUT2D eigenvalue weighted by molar-refractivity contribution is -0.142. The molecule has 1 aliphatic carbocycles. The summed E-state index contributed by atoms with van der Waals surface area (Å²) in [5, 5.41) is 12.1. The van der Waals surface area contributed by atoms with Crippen LogP contribution in [0, 0.1) is 11.8 Å². The lowest BCUT2D eigenvalue weighted by atomic mass is 9.90. The van der Waals surface area contributed by atoms with Crippen molar-refractivity contribution in [2.75, 3.05) is 18.0 Å². The summed E-state index contributed by atoms with van der Waals surface area (Å²) in [5.41, 5.74) is 0. The molecule has 2 aliphatic rings. The highest BCUT2D eigenvalue weighted by atomic mass is 16.4. The zero-order valence-electron chi connectivity index (χ0n) is 13.5. The molecule has 3 rings (SSSR count). The Labute approximate surface area is 140 Å². The fourth-order valence-corrected chi connectivity index (χ4v) is 3.29. The van der Waals surface area contributed by atoms with Crippen molar-refractivity contribution in [3.8, 4) is 0 Å². The molecule has 2 heterocycles. The van der Waals surface area contributed by atoms with Gasteiger partial charge < -0.3 is 15.3 Å². The highest BCUT2D eigenvalue weighted by molar-refractivity contribution is 5.79. The van der Waals surface area contributed by atoms with Gasteiger partial charge in [0.15, 0.2) is 0 Å². The number of carbonyl (C=O) groups excluding carboxylic acids is 1. The highest BCUT2D eigenvalue weighted by Crippen LogP contribution is 2.23. The maximum absolute atomic E-state index is 12.4. The van der Waals surface area contributed by atoms with E-state index in [1.165, 1.54) is 0 Å². The highest BCUT2D eigenvalue weighted by Gasteiger charge is 2.29. The molecule has 0 unspecified atom stereocenters. The molecule has 1 saturated heterocycles. The monoisotopic (exact) mass is 330 g/mol. The quantitative estimate of drug-likeness (QED) is 0.806. The van der Waals surface area contributed by atoms with E-state index in [4.69, 9.17) is 5.11 Å². The molecule has 128 valence electrons. The molecule has 0 radical (unpaired) electrons. The molecular formula is C17H22N4O3. The molecule has 1 aromatic rings. The number of amides is 1. The number of anilines is 1. The SMILES string of the molecule is O=C(N[C@@H]1C=CC[C@@H](C(=O)O)C1)C1CCN(c2ncccn2)CC1. The number of aliphatic carboxylic acids is 1. The van der Waals surface area contributed by atoms with Gasteiger partial charge in [-0.15, -0.1) is 0 Å². The molecule has 2 atom stereocenters. The van der Waals surface area contributed by atoms with E-state index in [1.54, 1.807) is 18.5 Å². The molecule has 1 aromatic heterocycles. The summed E-state index contributed by atoms with van der Waals surface area (Å²) in [6, 6.07) is 1.61. The lowest BCUT2D eigenvalue weighted by Gasteiger charge is -2.32. The van der Waals surface area contributed by atoms with Gasteiger partial charge in [0, 0.05) is 37.4 Å². The van der Waals surface area contributed by atoms with Crippen LogP contribution < -0.4 is 10.2 Å². The molecule has 1 aliphatic heterocycles. The van der Waals surface area contributed by atoms with Crippen LogP contribution in [0.1, 0.15) is 25.7 Å². The fourth-order valence-electron chi connectivity index (χ4n) is 3.29. The zero-order chi connectivity index (χ0) is 16.9. The van der Waals surface area contributed by atoms with Gasteiger partial charge in [-0.3, -0.25) is 9.59 Å². The van der Waals surface area contributed by atoms with E-state index in [0.717, 1.165) is 25.9 Å². The second-order valence-electron chi connectivity index (χ2n) is 6.36. The Hall–Kier alpha value is -2.44. The second-order valence-corrected chi connectivity index (χ2v) is 6.36. The Kier molecular flexibility index (Phi) is 5.08. The number of carboxylic acids is 1. The van der Waals surface area contributed by atoms with Crippen molar-refractivity contribution in [1.82, 2.24) is 15.3 Å². The zero-order valence-corrected chi connectivity index (χ0v) is 13.5. The third-order valence-corrected chi connectivity index (χ3v) is 4.71. The van der Waals surface area contributed by atoms with Crippen LogP contribution in [0.5, 0.6) is 0 Å². The van der Waals surface area contributed by atoms with E-state index in [9.17, 15) is 9.59 Å². The van der Waals surface area contributed by atoms with E-state index in [2.05, 4.69) is 20.2 Å². The Morgan fingerprint density at radius 3 is 2.54 bits per heavy atom. The van der Waals surface area contributed by atoms with E-state index in [0.29, 0.717) is 18.8 Å². The van der Waals surface area contributed by atoms with Crippen molar-refractivity contribution < 1.29 is 14.7 Å². The summed E-state index contributed by atoms with van der Waals surface area (Å²) >= 11 is 0. The minimum absolute atomic E-state index is 0.0179. The lowest BCUT2D eigenvalue weighted by Crippen LogP contribution is -2.45. The van der Waals surface area contributed by atoms with E-state index >= 15 is 0 Å². The molecule has 0 spiro atoms. The van der Waals surface area contributed by atoms with Crippen LogP contribution >= 0.6 is 0 Å². The molecule has 7 nitrogen and oxygen atoms in total. The molecule has 0 saturated carbocycles. The number of nitrogens with one attached hydrogen (secondary N) is 1. The Bertz CT molecular complexity index is 612. The molecule has 24 heavy (non-hydrogen) atoms. The second kappa shape index (κ2) is 7.42. The average molecular weight is 330 g/mol. The summed E-state index contributed by atoms with van der Waals surface area (Å²) in [6.45, 7) is 1.50. The number of rotatable bonds is 4. The summed E-state index contributed by atoms with van der Waals surface area (Å²) < 4.78 is 0. The van der Waals surface area contributed by atoms with Crippen LogP contribution in [-0.2, 0) is 9.59 Å². The number of carboxylic acid groups (broad SMARTS) is 1. The minimum atomic E-state index is -0.797. The largest absolute Gasteiger partial charge is 0.481 e. The number of hydrogen-bond donors (Lipinski definition) is 2. The molecular weight excluding hydrogens is 308 g/mol. The first-order valence-corrected chi connectivity index (χ1v) is 8.35. The summed E-state index contributed by atoms with van der Waals surface area (Å²) in [4.78, 5) is 34.1. The van der Waals surface area contributed by atoms with Crippen molar-refractivity contribution in [2.24, 2.45) is 11.8 Å². The van der Waals surface area contributed by atoms with Gasteiger partial charge in [-0.25, -0.2) is 9.97 Å². The number of aromatic nitrogens is 2. The standard InChI is InChI=1S/C17H22N4O3/c22-15(20-14-4-1-3-13(11-14)16(23)24)12-5-9-21(10-6-12)17-18-7-2-8-19-17/h1-2,4,7-8,12-14H,3,5-6,9-11H2,(H,20,22)(H,23,24)/t13-,14-/m1/s1. The van der Waals surface area contributed by atoms with Crippen molar-refractivity contribution >= 4 is 17.8 Å². The van der Waals surface area contributed by atoms with Crippen molar-refractivity contribution in [1.29, 1.82) is 0 Å². The molecule has 7 heteroatoms. The van der Waals surface area contributed by atoms with Gasteiger partial charge in [0.2, 0.25) is 11.9 Å². The summed E-state index contributed by atoms with van der Waals surface area (Å²) in [6.07, 6.45) is 9.70. The summed E-state index contributed by atoms with van der Waals surface area (Å²) in [7, 11) is 0. The molecule has 0 aromatic carbocycles. The van der Waals surface area contributed by atoms with Crippen LogP contribution in [0.2, 0.25) is 0 Å². The average Bonchev–Trinajstić information content (AvgIpc) is 2.63. The van der Waals surface area contributed by atoms with Gasteiger partial charge in [-0.1, -0.05) is 12.2 Å². The Morgan fingerprint density at radius 2 is 1.88 bits per heavy atom. The molecule has 0 bridgehead atoms. The number of nitrogens with zero attached hydrogens (tertiary/aromatic N) is 3. The van der Waals surface area contributed by atoms with Crippen LogP contribution in [0.25, 0.3) is 0 Å². The van der Waals surface area contributed by atoms with Gasteiger partial charge >= 0.3 is 5.97 Å². The first-order chi connectivity index (χ1) is 11.6. The smallest absolute Gasteiger partial charge is 0.306 e. The van der Waals surface area contributed by atoms with Crippen LogP contribution in [0.3, 0.4) is 0 Å². The maximum Gasteiger partial charge on any atom is 0.306 e. The van der Waals surface area contributed by atoms with Crippen molar-refractivity contribution in [2.45, 2.75) is 31.7 Å². The number of piperidine rings is 1. The molecule has 1 amide bonds. The van der Waals surface area contributed by atoms with Crippen molar-refractivity contribution in [3.63, 3.8) is 0 Å². The van der Waals surface area contributed by atoms with Crippen LogP contribution in [0.4, 0.5) is 5.95 Å². The third kappa shape index (κ3) is 3.90. The van der Waals surface area contributed by atoms with Gasteiger partial charge in [0.1, 0.15) is 0 Å². The fraction of sp³-hybridized carbons (Fsp3) is 0.529. The number of hydrogen-bond acceptors (Lipinski definition) is 5. The van der Waals surface area contributed by atoms with Crippen LogP contribution in [0.15, 0.2) is 30.6 Å². The van der Waals surface area contributed by atoms with Gasteiger partial charge in [-0.2, -0.15) is 0 Å². The minimum Gasteiger partial charge on any atom is -0.481 e. The number of carbonyl (C=O) groups is 2. The van der Waals surface area contributed by atoms with Gasteiger partial charge in [0.25, 0.3) is 0 Å². The van der Waals surface area contributed by atoms with E-state index in [-0.39, 0.29) is 17.9 Å². The Balaban J connectivity index is 1.50. The number of allylic oxidation sites excluding steroid dienone is 1. The maximum atomic E-state index is 12.4. The van der Waals surface area contributed by atoms with Crippen LogP contribution in [-0.4, -0.2) is 46.1 Å². The van der Waals surface area contributed by atoms with Gasteiger partial charge in [-0.05, 0) is 31.7 Å². The molecule has 1 fully saturated rings. The van der Waals surface area contributed by atoms with Gasteiger partial charge in [0.05, 0.1) is 5.92 Å². The van der Waals surface area contributed by atoms with E-state index < -0.39 is 11.9 Å². The predicted octanol–water partition coefficient (Wildman–Crippen LogP) is 1.23. The van der Waals surface area contributed by atoms with Crippen molar-refractivity contribution in [3.05, 3.63) is 30.6 Å².